The van der Waals surface area contributed by atoms with Crippen LogP contribution in [0.15, 0.2) is 0 Å². The Balaban J connectivity index is 2.43. The van der Waals surface area contributed by atoms with Gasteiger partial charge in [0.1, 0.15) is 0 Å². The summed E-state index contributed by atoms with van der Waals surface area (Å²) in [7, 11) is 0. The van der Waals surface area contributed by atoms with Crippen LogP contribution in [0.5, 0.6) is 0 Å². The zero-order chi connectivity index (χ0) is 7.61. The van der Waals surface area contributed by atoms with Crippen molar-refractivity contribution in [2.24, 2.45) is 0 Å². The van der Waals surface area contributed by atoms with Crippen molar-refractivity contribution < 1.29 is 14.8 Å². The Morgan fingerprint density at radius 3 is 2.90 bits per heavy atom. The molecule has 0 spiro atoms. The standard InChI is InChI=1S/C5H9NO4/c7-5(3-6(8)9)1-2-10-4-5/h7H,1-4H2. The summed E-state index contributed by atoms with van der Waals surface area (Å²) in [5.74, 6) is 0. The van der Waals surface area contributed by atoms with E-state index >= 15 is 0 Å². The Kier molecular flexibility index (Phi) is 1.87. The molecule has 5 nitrogen and oxygen atoms in total. The van der Waals surface area contributed by atoms with Gasteiger partial charge in [0.15, 0.2) is 5.60 Å². The van der Waals surface area contributed by atoms with Crippen LogP contribution in [0.2, 0.25) is 0 Å². The molecule has 1 unspecified atom stereocenters. The summed E-state index contributed by atoms with van der Waals surface area (Å²) >= 11 is 0. The van der Waals surface area contributed by atoms with Crippen LogP contribution in [0, 0.1) is 10.1 Å². The minimum absolute atomic E-state index is 0.0913. The maximum absolute atomic E-state index is 9.95. The molecule has 5 heteroatoms. The molecule has 0 amide bonds. The van der Waals surface area contributed by atoms with Crippen LogP contribution >= 0.6 is 0 Å². The Morgan fingerprint density at radius 1 is 1.80 bits per heavy atom. The van der Waals surface area contributed by atoms with Gasteiger partial charge in [-0.25, -0.2) is 0 Å². The van der Waals surface area contributed by atoms with Crippen molar-refractivity contribution in [2.45, 2.75) is 12.0 Å². The second-order valence-corrected chi connectivity index (χ2v) is 2.52. The van der Waals surface area contributed by atoms with Crippen LogP contribution in [0.4, 0.5) is 0 Å². The van der Waals surface area contributed by atoms with Gasteiger partial charge in [-0.15, -0.1) is 0 Å². The van der Waals surface area contributed by atoms with E-state index in [1.807, 2.05) is 0 Å². The Hall–Kier alpha value is -0.680. The number of nitrogens with zero attached hydrogens (tertiary/aromatic N) is 1. The molecule has 0 radical (unpaired) electrons. The van der Waals surface area contributed by atoms with Gasteiger partial charge in [-0.3, -0.25) is 10.1 Å². The smallest absolute Gasteiger partial charge is 0.234 e. The summed E-state index contributed by atoms with van der Waals surface area (Å²) < 4.78 is 4.81. The minimum atomic E-state index is -1.20. The molecule has 1 rings (SSSR count). The molecule has 0 saturated carbocycles. The van der Waals surface area contributed by atoms with Crippen LogP contribution in [0.25, 0.3) is 0 Å². The topological polar surface area (TPSA) is 72.6 Å². The quantitative estimate of drug-likeness (QED) is 0.418. The maximum Gasteiger partial charge on any atom is 0.234 e. The largest absolute Gasteiger partial charge is 0.380 e. The predicted molar refractivity (Wildman–Crippen MR) is 32.2 cm³/mol. The van der Waals surface area contributed by atoms with E-state index < -0.39 is 17.1 Å². The van der Waals surface area contributed by atoms with E-state index in [1.165, 1.54) is 0 Å². The van der Waals surface area contributed by atoms with Crippen molar-refractivity contribution in [3.8, 4) is 0 Å². The Morgan fingerprint density at radius 2 is 2.50 bits per heavy atom. The number of ether oxygens (including phenoxy) is 1. The molecule has 1 heterocycles. The molecular weight excluding hydrogens is 138 g/mol. The minimum Gasteiger partial charge on any atom is -0.380 e. The van der Waals surface area contributed by atoms with Crippen molar-refractivity contribution in [3.63, 3.8) is 0 Å². The van der Waals surface area contributed by atoms with Gasteiger partial charge in [-0.1, -0.05) is 0 Å². The third-order valence-corrected chi connectivity index (χ3v) is 1.51. The van der Waals surface area contributed by atoms with Crippen LogP contribution < -0.4 is 0 Å². The Labute approximate surface area is 57.8 Å². The van der Waals surface area contributed by atoms with Crippen LogP contribution in [0.3, 0.4) is 0 Å². The normalized spacial score (nSPS) is 32.5. The molecule has 1 atom stereocenters. The highest BCUT2D eigenvalue weighted by atomic mass is 16.6. The molecule has 1 saturated heterocycles. The molecule has 10 heavy (non-hydrogen) atoms. The van der Waals surface area contributed by atoms with E-state index in [9.17, 15) is 15.2 Å². The van der Waals surface area contributed by atoms with Gasteiger partial charge in [-0.2, -0.15) is 0 Å². The molecule has 0 aromatic carbocycles. The summed E-state index contributed by atoms with van der Waals surface area (Å²) in [4.78, 5) is 9.43. The second kappa shape index (κ2) is 2.51. The number of rotatable bonds is 2. The first-order chi connectivity index (χ1) is 4.62. The average Bonchev–Trinajstić information content (AvgIpc) is 2.12. The van der Waals surface area contributed by atoms with Crippen molar-refractivity contribution in [1.29, 1.82) is 0 Å². The van der Waals surface area contributed by atoms with Gasteiger partial charge >= 0.3 is 0 Å². The highest BCUT2D eigenvalue weighted by Crippen LogP contribution is 2.17. The number of hydrogen-bond acceptors (Lipinski definition) is 4. The van der Waals surface area contributed by atoms with Crippen LogP contribution in [-0.2, 0) is 4.74 Å². The monoisotopic (exact) mass is 147 g/mol. The van der Waals surface area contributed by atoms with Gasteiger partial charge < -0.3 is 9.84 Å². The average molecular weight is 147 g/mol. The highest BCUT2D eigenvalue weighted by molar-refractivity contribution is 4.81. The van der Waals surface area contributed by atoms with Crippen molar-refractivity contribution in [2.75, 3.05) is 19.8 Å². The van der Waals surface area contributed by atoms with Gasteiger partial charge in [-0.05, 0) is 0 Å². The van der Waals surface area contributed by atoms with E-state index in [-0.39, 0.29) is 6.61 Å². The zero-order valence-electron chi connectivity index (χ0n) is 5.45. The van der Waals surface area contributed by atoms with Gasteiger partial charge in [0.2, 0.25) is 6.54 Å². The van der Waals surface area contributed by atoms with Crippen LogP contribution in [0.1, 0.15) is 6.42 Å². The van der Waals surface area contributed by atoms with Crippen molar-refractivity contribution in [3.05, 3.63) is 10.1 Å². The van der Waals surface area contributed by atoms with Gasteiger partial charge in [0, 0.05) is 18.0 Å². The van der Waals surface area contributed by atoms with Gasteiger partial charge in [0.05, 0.1) is 6.61 Å². The molecular formula is C5H9NO4. The molecule has 0 aliphatic carbocycles. The first kappa shape index (κ1) is 7.43. The molecule has 1 aliphatic heterocycles. The third-order valence-electron chi connectivity index (χ3n) is 1.51. The van der Waals surface area contributed by atoms with Crippen molar-refractivity contribution in [1.82, 2.24) is 0 Å². The zero-order valence-corrected chi connectivity index (χ0v) is 5.45. The molecule has 58 valence electrons. The number of aliphatic hydroxyl groups is 1. The fourth-order valence-corrected chi connectivity index (χ4v) is 0.961. The summed E-state index contributed by atoms with van der Waals surface area (Å²) in [5, 5.41) is 19.2. The molecule has 0 aromatic heterocycles. The maximum atomic E-state index is 9.95. The second-order valence-electron chi connectivity index (χ2n) is 2.52. The fraction of sp³-hybridized carbons (Fsp3) is 1.00. The van der Waals surface area contributed by atoms with Crippen molar-refractivity contribution >= 4 is 0 Å². The fourth-order valence-electron chi connectivity index (χ4n) is 0.961. The first-order valence-corrected chi connectivity index (χ1v) is 3.04. The highest BCUT2D eigenvalue weighted by Gasteiger charge is 2.37. The van der Waals surface area contributed by atoms with E-state index in [2.05, 4.69) is 0 Å². The molecule has 0 bridgehead atoms. The number of nitro groups is 1. The van der Waals surface area contributed by atoms with Gasteiger partial charge in [0.25, 0.3) is 0 Å². The molecule has 0 aromatic rings. The lowest BCUT2D eigenvalue weighted by molar-refractivity contribution is -0.500. The summed E-state index contributed by atoms with van der Waals surface area (Å²) in [6, 6.07) is 0. The van der Waals surface area contributed by atoms with E-state index in [1.54, 1.807) is 0 Å². The lowest BCUT2D eigenvalue weighted by Crippen LogP contribution is -2.37. The lowest BCUT2D eigenvalue weighted by Gasteiger charge is -2.13. The molecule has 1 N–H and O–H groups in total. The summed E-state index contributed by atoms with van der Waals surface area (Å²) in [6.45, 7) is 0.103. The van der Waals surface area contributed by atoms with E-state index in [4.69, 9.17) is 4.74 Å². The Bertz CT molecular complexity index is 141. The molecule has 1 aliphatic rings. The third kappa shape index (κ3) is 1.65. The van der Waals surface area contributed by atoms with E-state index in [0.29, 0.717) is 13.0 Å². The lowest BCUT2D eigenvalue weighted by atomic mass is 10.0. The molecule has 1 fully saturated rings. The summed E-state index contributed by atoms with van der Waals surface area (Å²) in [5.41, 5.74) is -1.20. The number of hydrogen-bond donors (Lipinski definition) is 1. The predicted octanol–water partition coefficient (Wildman–Crippen LogP) is -0.586. The van der Waals surface area contributed by atoms with Crippen LogP contribution in [-0.4, -0.2) is 35.4 Å². The summed E-state index contributed by atoms with van der Waals surface area (Å²) in [6.07, 6.45) is 0.369. The first-order valence-electron chi connectivity index (χ1n) is 3.04. The SMILES string of the molecule is O=[N+]([O-])CC1(O)CCOC1. The van der Waals surface area contributed by atoms with E-state index in [0.717, 1.165) is 0 Å².